The Morgan fingerprint density at radius 2 is 2.42 bits per heavy atom. The number of nitrogens with one attached hydrogen (secondary N) is 1. The zero-order valence-electron chi connectivity index (χ0n) is 6.97. The van der Waals surface area contributed by atoms with Crippen molar-refractivity contribution in [2.75, 3.05) is 6.54 Å². The average Bonchev–Trinajstić information content (AvgIpc) is 1.93. The van der Waals surface area contributed by atoms with Gasteiger partial charge in [0.15, 0.2) is 0 Å². The third-order valence-corrected chi connectivity index (χ3v) is 3.09. The van der Waals surface area contributed by atoms with Gasteiger partial charge in [-0.05, 0) is 46.9 Å². The second-order valence-electron chi connectivity index (χ2n) is 3.17. The molecule has 0 bridgehead atoms. The predicted octanol–water partition coefficient (Wildman–Crippen LogP) is 2.19. The Morgan fingerprint density at radius 3 is 2.92 bits per heavy atom. The minimum absolute atomic E-state index is 0.546. The van der Waals surface area contributed by atoms with Crippen molar-refractivity contribution >= 4 is 15.9 Å². The van der Waals surface area contributed by atoms with E-state index in [2.05, 4.69) is 39.2 Å². The van der Waals surface area contributed by atoms with E-state index in [9.17, 15) is 0 Å². The van der Waals surface area contributed by atoms with E-state index in [-0.39, 0.29) is 0 Å². The van der Waals surface area contributed by atoms with Crippen LogP contribution in [-0.2, 0) is 0 Å². The minimum Gasteiger partial charge on any atom is -0.310 e. The molecule has 2 rings (SSSR count). The molecule has 1 aromatic rings. The van der Waals surface area contributed by atoms with Crippen LogP contribution in [0, 0.1) is 6.92 Å². The van der Waals surface area contributed by atoms with E-state index in [1.54, 1.807) is 0 Å². The number of aryl methyl sites for hydroxylation is 1. The lowest BCUT2D eigenvalue weighted by Crippen LogP contribution is -2.35. The Morgan fingerprint density at radius 1 is 1.67 bits per heavy atom. The van der Waals surface area contributed by atoms with Crippen molar-refractivity contribution in [1.29, 1.82) is 0 Å². The molecule has 0 radical (unpaired) electrons. The van der Waals surface area contributed by atoms with E-state index < -0.39 is 0 Å². The molecule has 1 aliphatic heterocycles. The molecular formula is C9H11BrN2. The van der Waals surface area contributed by atoms with Gasteiger partial charge in [0.2, 0.25) is 0 Å². The maximum Gasteiger partial charge on any atom is 0.108 e. The van der Waals surface area contributed by atoms with Crippen molar-refractivity contribution in [2.24, 2.45) is 0 Å². The molecule has 3 heteroatoms. The first kappa shape index (κ1) is 8.20. The van der Waals surface area contributed by atoms with Crippen LogP contribution in [0.4, 0.5) is 0 Å². The molecule has 0 amide bonds. The van der Waals surface area contributed by atoms with Gasteiger partial charge in [-0.15, -0.1) is 0 Å². The molecule has 1 saturated heterocycles. The van der Waals surface area contributed by atoms with Gasteiger partial charge in [-0.2, -0.15) is 0 Å². The highest BCUT2D eigenvalue weighted by Crippen LogP contribution is 2.24. The zero-order chi connectivity index (χ0) is 8.55. The van der Waals surface area contributed by atoms with Gasteiger partial charge in [0.1, 0.15) is 4.60 Å². The zero-order valence-corrected chi connectivity index (χ0v) is 8.56. The van der Waals surface area contributed by atoms with Crippen molar-refractivity contribution in [3.63, 3.8) is 0 Å². The van der Waals surface area contributed by atoms with Gasteiger partial charge >= 0.3 is 0 Å². The van der Waals surface area contributed by atoms with Gasteiger partial charge in [0.25, 0.3) is 0 Å². The molecule has 0 aliphatic carbocycles. The SMILES string of the molecule is Cc1cc([C@H]2CCN2)cnc1Br. The molecule has 2 nitrogen and oxygen atoms in total. The Bertz CT molecular complexity index is 295. The highest BCUT2D eigenvalue weighted by molar-refractivity contribution is 9.10. The van der Waals surface area contributed by atoms with E-state index >= 15 is 0 Å². The van der Waals surface area contributed by atoms with E-state index in [1.807, 2.05) is 6.20 Å². The number of nitrogens with zero attached hydrogens (tertiary/aromatic N) is 1. The topological polar surface area (TPSA) is 24.9 Å². The lowest BCUT2D eigenvalue weighted by atomic mass is 9.99. The molecule has 1 fully saturated rings. The van der Waals surface area contributed by atoms with Crippen molar-refractivity contribution in [2.45, 2.75) is 19.4 Å². The summed E-state index contributed by atoms with van der Waals surface area (Å²) >= 11 is 3.39. The standard InChI is InChI=1S/C9H11BrN2/c1-6-4-7(5-12-9(6)10)8-2-3-11-8/h4-5,8,11H,2-3H2,1H3/t8-/m1/s1. The lowest BCUT2D eigenvalue weighted by Gasteiger charge is -2.27. The maximum absolute atomic E-state index is 4.26. The Balaban J connectivity index is 2.27. The molecule has 0 saturated carbocycles. The highest BCUT2D eigenvalue weighted by atomic mass is 79.9. The summed E-state index contributed by atoms with van der Waals surface area (Å²) in [7, 11) is 0. The van der Waals surface area contributed by atoms with Gasteiger partial charge < -0.3 is 5.32 Å². The molecule has 0 aromatic carbocycles. The fourth-order valence-electron chi connectivity index (χ4n) is 1.34. The summed E-state index contributed by atoms with van der Waals surface area (Å²) < 4.78 is 0.950. The molecule has 12 heavy (non-hydrogen) atoms. The summed E-state index contributed by atoms with van der Waals surface area (Å²) in [6.45, 7) is 3.21. The molecule has 1 aromatic heterocycles. The molecule has 1 aliphatic rings. The van der Waals surface area contributed by atoms with Crippen LogP contribution in [0.15, 0.2) is 16.9 Å². The third-order valence-electron chi connectivity index (χ3n) is 2.26. The van der Waals surface area contributed by atoms with Crippen molar-refractivity contribution < 1.29 is 0 Å². The van der Waals surface area contributed by atoms with Crippen LogP contribution in [0.5, 0.6) is 0 Å². The summed E-state index contributed by atoms with van der Waals surface area (Å²) in [6.07, 6.45) is 3.18. The summed E-state index contributed by atoms with van der Waals surface area (Å²) in [5, 5.41) is 3.35. The van der Waals surface area contributed by atoms with Crippen LogP contribution in [0.1, 0.15) is 23.6 Å². The van der Waals surface area contributed by atoms with Gasteiger partial charge in [0.05, 0.1) is 0 Å². The van der Waals surface area contributed by atoms with Crippen molar-refractivity contribution in [1.82, 2.24) is 10.3 Å². The average molecular weight is 227 g/mol. The van der Waals surface area contributed by atoms with Gasteiger partial charge in [0, 0.05) is 12.2 Å². The van der Waals surface area contributed by atoms with Gasteiger partial charge in [-0.1, -0.05) is 6.07 Å². The van der Waals surface area contributed by atoms with Gasteiger partial charge in [-0.25, -0.2) is 4.98 Å². The fraction of sp³-hybridized carbons (Fsp3) is 0.444. The summed E-state index contributed by atoms with van der Waals surface area (Å²) in [6, 6.07) is 2.73. The minimum atomic E-state index is 0.546. The van der Waals surface area contributed by atoms with E-state index in [4.69, 9.17) is 0 Å². The molecule has 1 atom stereocenters. The Labute approximate surface area is 80.5 Å². The quantitative estimate of drug-likeness (QED) is 0.744. The summed E-state index contributed by atoms with van der Waals surface area (Å²) in [4.78, 5) is 4.26. The van der Waals surface area contributed by atoms with Crippen molar-refractivity contribution in [3.05, 3.63) is 28.0 Å². The number of hydrogen-bond acceptors (Lipinski definition) is 2. The number of rotatable bonds is 1. The van der Waals surface area contributed by atoms with Crippen LogP contribution in [-0.4, -0.2) is 11.5 Å². The van der Waals surface area contributed by atoms with E-state index in [0.717, 1.165) is 11.1 Å². The van der Waals surface area contributed by atoms with E-state index in [0.29, 0.717) is 6.04 Å². The lowest BCUT2D eigenvalue weighted by molar-refractivity contribution is 0.382. The molecule has 1 N–H and O–H groups in total. The summed E-state index contributed by atoms with van der Waals surface area (Å²) in [5.41, 5.74) is 2.52. The molecule has 0 spiro atoms. The molecular weight excluding hydrogens is 216 g/mol. The number of aromatic nitrogens is 1. The molecule has 0 unspecified atom stereocenters. The van der Waals surface area contributed by atoms with Crippen LogP contribution in [0.25, 0.3) is 0 Å². The first-order chi connectivity index (χ1) is 5.77. The number of halogens is 1. The van der Waals surface area contributed by atoms with Crippen molar-refractivity contribution in [3.8, 4) is 0 Å². The second-order valence-corrected chi connectivity index (χ2v) is 3.92. The fourth-order valence-corrected chi connectivity index (χ4v) is 1.56. The number of hydrogen-bond donors (Lipinski definition) is 1. The number of pyridine rings is 1. The summed E-state index contributed by atoms with van der Waals surface area (Å²) in [5.74, 6) is 0. The monoisotopic (exact) mass is 226 g/mol. The normalized spacial score (nSPS) is 22.0. The second kappa shape index (κ2) is 3.15. The highest BCUT2D eigenvalue weighted by Gasteiger charge is 2.18. The predicted molar refractivity (Wildman–Crippen MR) is 52.0 cm³/mol. The molecule has 64 valence electrons. The third kappa shape index (κ3) is 1.39. The Kier molecular flexibility index (Phi) is 2.15. The van der Waals surface area contributed by atoms with Crippen LogP contribution in [0.2, 0.25) is 0 Å². The Hall–Kier alpha value is -0.410. The largest absolute Gasteiger partial charge is 0.310 e. The smallest absolute Gasteiger partial charge is 0.108 e. The van der Waals surface area contributed by atoms with E-state index in [1.165, 1.54) is 17.5 Å². The van der Waals surface area contributed by atoms with Crippen LogP contribution < -0.4 is 5.32 Å². The van der Waals surface area contributed by atoms with Crippen LogP contribution >= 0.6 is 15.9 Å². The molecule has 2 heterocycles. The first-order valence-corrected chi connectivity index (χ1v) is 4.92. The van der Waals surface area contributed by atoms with Gasteiger partial charge in [-0.3, -0.25) is 0 Å². The van der Waals surface area contributed by atoms with Crippen LogP contribution in [0.3, 0.4) is 0 Å². The first-order valence-electron chi connectivity index (χ1n) is 4.13. The maximum atomic E-state index is 4.26.